The molecular weight excluding hydrogens is 538 g/mol. The zero-order valence-electron chi connectivity index (χ0n) is 23.7. The highest BCUT2D eigenvalue weighted by molar-refractivity contribution is 6.05. The topological polar surface area (TPSA) is 121 Å². The number of nitrogens with zero attached hydrogens (tertiary/aromatic N) is 3. The quantitative estimate of drug-likeness (QED) is 0.345. The lowest BCUT2D eigenvalue weighted by Gasteiger charge is -2.29. The fourth-order valence-electron chi connectivity index (χ4n) is 6.34. The van der Waals surface area contributed by atoms with Crippen molar-refractivity contribution in [2.24, 2.45) is 0 Å². The molecule has 2 aromatic carbocycles. The smallest absolute Gasteiger partial charge is 0.255 e. The maximum atomic E-state index is 13.1. The molecule has 11 heteroatoms. The summed E-state index contributed by atoms with van der Waals surface area (Å²) < 4.78 is 11.5. The van der Waals surface area contributed by atoms with E-state index in [2.05, 4.69) is 20.4 Å². The number of hydrogen-bond donors (Lipinski definition) is 2. The summed E-state index contributed by atoms with van der Waals surface area (Å²) in [6.45, 7) is 5.52. The van der Waals surface area contributed by atoms with Gasteiger partial charge in [0.15, 0.2) is 0 Å². The van der Waals surface area contributed by atoms with Crippen molar-refractivity contribution in [3.63, 3.8) is 0 Å². The van der Waals surface area contributed by atoms with Gasteiger partial charge in [0.05, 0.1) is 32.4 Å². The molecular formula is C31H37N5O6. The van der Waals surface area contributed by atoms with Crippen LogP contribution in [0.25, 0.3) is 0 Å². The van der Waals surface area contributed by atoms with Crippen molar-refractivity contribution in [1.82, 2.24) is 15.1 Å². The average molecular weight is 576 g/mol. The normalized spacial score (nSPS) is 22.7. The van der Waals surface area contributed by atoms with Crippen LogP contribution in [-0.2, 0) is 25.7 Å². The van der Waals surface area contributed by atoms with Crippen molar-refractivity contribution < 1.29 is 28.7 Å². The highest BCUT2D eigenvalue weighted by atomic mass is 16.5. The second-order valence-corrected chi connectivity index (χ2v) is 11.2. The first-order valence-electron chi connectivity index (χ1n) is 14.8. The van der Waals surface area contributed by atoms with Gasteiger partial charge in [-0.25, -0.2) is 0 Å². The van der Waals surface area contributed by atoms with Gasteiger partial charge in [-0.2, -0.15) is 0 Å². The zero-order chi connectivity index (χ0) is 29.1. The van der Waals surface area contributed by atoms with Crippen LogP contribution in [0.5, 0.6) is 5.75 Å². The minimum absolute atomic E-state index is 0.0143. The van der Waals surface area contributed by atoms with Crippen LogP contribution in [0.2, 0.25) is 0 Å². The lowest BCUT2D eigenvalue weighted by molar-refractivity contribution is -0.137. The molecule has 3 saturated heterocycles. The molecule has 4 amide bonds. The molecule has 4 heterocycles. The molecule has 6 rings (SSSR count). The lowest BCUT2D eigenvalue weighted by Crippen LogP contribution is -2.52. The Hall–Kier alpha value is -3.96. The van der Waals surface area contributed by atoms with Crippen LogP contribution in [0.15, 0.2) is 42.5 Å². The average Bonchev–Trinajstić information content (AvgIpc) is 3.61. The number of fused-ring (bicyclic) bond motifs is 1. The van der Waals surface area contributed by atoms with Crippen LogP contribution in [0.1, 0.15) is 48.0 Å². The van der Waals surface area contributed by atoms with Crippen LogP contribution < -0.4 is 20.3 Å². The van der Waals surface area contributed by atoms with Crippen molar-refractivity contribution in [2.45, 2.75) is 50.7 Å². The highest BCUT2D eigenvalue weighted by Gasteiger charge is 2.40. The fourth-order valence-corrected chi connectivity index (χ4v) is 6.34. The number of piperidine rings is 1. The Morgan fingerprint density at radius 1 is 1.02 bits per heavy atom. The Morgan fingerprint density at radius 3 is 2.62 bits per heavy atom. The van der Waals surface area contributed by atoms with Crippen molar-refractivity contribution in [3.8, 4) is 5.75 Å². The molecule has 42 heavy (non-hydrogen) atoms. The molecule has 2 atom stereocenters. The molecule has 2 aromatic rings. The fraction of sp³-hybridized carbons (Fsp3) is 0.484. The number of likely N-dealkylation sites (tertiary alicyclic amines) is 1. The van der Waals surface area contributed by atoms with E-state index in [9.17, 15) is 19.2 Å². The minimum Gasteiger partial charge on any atom is -0.493 e. The summed E-state index contributed by atoms with van der Waals surface area (Å²) in [6, 6.07) is 12.6. The summed E-state index contributed by atoms with van der Waals surface area (Å²) in [5, 5.41) is 5.43. The van der Waals surface area contributed by atoms with E-state index in [1.165, 1.54) is 4.90 Å². The van der Waals surface area contributed by atoms with E-state index in [1.54, 1.807) is 12.1 Å². The molecule has 222 valence electrons. The molecule has 0 radical (unpaired) electrons. The van der Waals surface area contributed by atoms with E-state index in [-0.39, 0.29) is 36.7 Å². The second kappa shape index (κ2) is 12.5. The number of imide groups is 1. The summed E-state index contributed by atoms with van der Waals surface area (Å²) in [4.78, 5) is 56.1. The van der Waals surface area contributed by atoms with Crippen LogP contribution in [0, 0.1) is 0 Å². The first kappa shape index (κ1) is 28.2. The van der Waals surface area contributed by atoms with Gasteiger partial charge in [0.25, 0.3) is 5.91 Å². The van der Waals surface area contributed by atoms with Gasteiger partial charge < -0.3 is 24.6 Å². The first-order valence-corrected chi connectivity index (χ1v) is 14.8. The van der Waals surface area contributed by atoms with Crippen LogP contribution >= 0.6 is 0 Å². The van der Waals surface area contributed by atoms with Gasteiger partial charge in [-0.1, -0.05) is 6.07 Å². The Balaban J connectivity index is 0.991. The molecule has 0 bridgehead atoms. The number of anilines is 2. The van der Waals surface area contributed by atoms with Crippen molar-refractivity contribution in [3.05, 3.63) is 53.6 Å². The maximum Gasteiger partial charge on any atom is 0.255 e. The molecule has 4 aliphatic heterocycles. The molecule has 0 saturated carbocycles. The van der Waals surface area contributed by atoms with Crippen molar-refractivity contribution in [2.75, 3.05) is 56.2 Å². The number of benzene rings is 2. The largest absolute Gasteiger partial charge is 0.493 e. The second-order valence-electron chi connectivity index (χ2n) is 11.2. The van der Waals surface area contributed by atoms with Crippen molar-refractivity contribution >= 4 is 35.0 Å². The van der Waals surface area contributed by atoms with Gasteiger partial charge in [-0.3, -0.25) is 29.4 Å². The summed E-state index contributed by atoms with van der Waals surface area (Å²) in [5.41, 5.74) is 3.23. The zero-order valence-corrected chi connectivity index (χ0v) is 23.7. The summed E-state index contributed by atoms with van der Waals surface area (Å²) in [5.74, 6) is -0.302. The number of hydrogen-bond acceptors (Lipinski definition) is 8. The molecule has 0 aromatic heterocycles. The van der Waals surface area contributed by atoms with Crippen molar-refractivity contribution in [1.29, 1.82) is 0 Å². The van der Waals surface area contributed by atoms with E-state index in [0.717, 1.165) is 75.6 Å². The Labute approximate surface area is 245 Å². The van der Waals surface area contributed by atoms with Gasteiger partial charge in [0.2, 0.25) is 17.7 Å². The Bertz CT molecular complexity index is 1340. The number of rotatable bonds is 9. The monoisotopic (exact) mass is 575 g/mol. The standard InChI is InChI=1S/C31H37N5O6/c37-28-12-11-26(30(39)33-28)36-20-24-23(31(36)40)4-1-6-27(24)42-17-3-14-35-13-2-5-25(35)29(38)32-21-7-9-22(10-8-21)34-15-18-41-19-16-34/h1,4,6-10,25-26H,2-3,5,11-20H2,(H,32,38)(H,33,37,39)/t25-,26?/m1/s1. The number of morpholine rings is 1. The van der Waals surface area contributed by atoms with E-state index in [1.807, 2.05) is 30.3 Å². The molecule has 2 N–H and O–H groups in total. The third-order valence-electron chi connectivity index (χ3n) is 8.56. The van der Waals surface area contributed by atoms with Crippen LogP contribution in [0.3, 0.4) is 0 Å². The lowest BCUT2D eigenvalue weighted by atomic mass is 10.0. The first-order chi connectivity index (χ1) is 20.5. The third kappa shape index (κ3) is 5.98. The van der Waals surface area contributed by atoms with Crippen LogP contribution in [-0.4, -0.2) is 91.5 Å². The Morgan fingerprint density at radius 2 is 1.83 bits per heavy atom. The number of carbonyl (C=O) groups is 4. The van der Waals surface area contributed by atoms with Gasteiger partial charge in [-0.15, -0.1) is 0 Å². The minimum atomic E-state index is -0.656. The number of ether oxygens (including phenoxy) is 2. The van der Waals surface area contributed by atoms with Gasteiger partial charge in [0, 0.05) is 48.6 Å². The van der Waals surface area contributed by atoms with Gasteiger partial charge in [-0.05, 0) is 68.6 Å². The highest BCUT2D eigenvalue weighted by Crippen LogP contribution is 2.33. The summed E-state index contributed by atoms with van der Waals surface area (Å²) >= 11 is 0. The molecule has 4 aliphatic rings. The van der Waals surface area contributed by atoms with E-state index in [0.29, 0.717) is 24.3 Å². The third-order valence-corrected chi connectivity index (χ3v) is 8.56. The maximum absolute atomic E-state index is 13.1. The molecule has 0 aliphatic carbocycles. The van der Waals surface area contributed by atoms with Crippen LogP contribution in [0.4, 0.5) is 11.4 Å². The predicted molar refractivity (Wildman–Crippen MR) is 155 cm³/mol. The van der Waals surface area contributed by atoms with Gasteiger partial charge in [0.1, 0.15) is 11.8 Å². The molecule has 1 unspecified atom stereocenters. The van der Waals surface area contributed by atoms with Gasteiger partial charge >= 0.3 is 0 Å². The number of carbonyl (C=O) groups excluding carboxylic acids is 4. The SMILES string of the molecule is O=C1CCC(N2Cc3c(OCCCN4CCC[C@@H]4C(=O)Nc4ccc(N5CCOCC5)cc4)cccc3C2=O)C(=O)N1. The van der Waals surface area contributed by atoms with E-state index < -0.39 is 11.9 Å². The predicted octanol–water partition coefficient (Wildman–Crippen LogP) is 2.16. The van der Waals surface area contributed by atoms with E-state index >= 15 is 0 Å². The summed E-state index contributed by atoms with van der Waals surface area (Å²) in [6.07, 6.45) is 3.07. The number of nitrogens with one attached hydrogen (secondary N) is 2. The Kier molecular flexibility index (Phi) is 8.38. The molecule has 0 spiro atoms. The number of amides is 4. The van der Waals surface area contributed by atoms with E-state index in [4.69, 9.17) is 9.47 Å². The molecule has 11 nitrogen and oxygen atoms in total. The molecule has 3 fully saturated rings. The summed E-state index contributed by atoms with van der Waals surface area (Å²) in [7, 11) is 0.